The van der Waals surface area contributed by atoms with Crippen molar-refractivity contribution in [3.8, 4) is 0 Å². The van der Waals surface area contributed by atoms with E-state index in [1.807, 2.05) is 6.92 Å². The first kappa shape index (κ1) is 22.3. The number of nitro benzene ring substituents is 1. The number of carbonyl (C=O) groups excluding carboxylic acids is 1. The van der Waals surface area contributed by atoms with Gasteiger partial charge in [-0.2, -0.15) is 4.31 Å². The molecule has 11 heteroatoms. The Morgan fingerprint density at radius 3 is 2.77 bits per heavy atom. The zero-order chi connectivity index (χ0) is 18.6. The lowest BCUT2D eigenvalue weighted by Crippen LogP contribution is -2.50. The van der Waals surface area contributed by atoms with Gasteiger partial charge in [0.1, 0.15) is 0 Å². The van der Waals surface area contributed by atoms with E-state index in [0.29, 0.717) is 0 Å². The van der Waals surface area contributed by atoms with Crippen molar-refractivity contribution in [1.82, 2.24) is 14.9 Å². The van der Waals surface area contributed by atoms with Gasteiger partial charge in [-0.15, -0.1) is 12.4 Å². The van der Waals surface area contributed by atoms with Gasteiger partial charge in [0.2, 0.25) is 15.9 Å². The average Bonchev–Trinajstić information content (AvgIpc) is 2.57. The lowest BCUT2D eigenvalue weighted by atomic mass is 9.95. The highest BCUT2D eigenvalue weighted by Gasteiger charge is 2.27. The third kappa shape index (κ3) is 5.37. The molecule has 1 aliphatic heterocycles. The summed E-state index contributed by atoms with van der Waals surface area (Å²) in [4.78, 5) is 22.1. The van der Waals surface area contributed by atoms with E-state index in [1.165, 1.54) is 25.2 Å². The molecule has 0 radical (unpaired) electrons. The number of hydrogen-bond donors (Lipinski definition) is 2. The molecule has 9 nitrogen and oxygen atoms in total. The van der Waals surface area contributed by atoms with Gasteiger partial charge in [-0.1, -0.05) is 13.0 Å². The van der Waals surface area contributed by atoms with Gasteiger partial charge in [0, 0.05) is 25.2 Å². The van der Waals surface area contributed by atoms with E-state index < -0.39 is 20.9 Å². The zero-order valence-electron chi connectivity index (χ0n) is 14.5. The van der Waals surface area contributed by atoms with Crippen LogP contribution in [0.25, 0.3) is 0 Å². The molecule has 1 fully saturated rings. The summed E-state index contributed by atoms with van der Waals surface area (Å²) in [5.74, 6) is -0.133. The molecule has 1 aromatic rings. The summed E-state index contributed by atoms with van der Waals surface area (Å²) in [6.45, 7) is 3.27. The largest absolute Gasteiger partial charge is 0.352 e. The van der Waals surface area contributed by atoms with Crippen molar-refractivity contribution in [2.75, 3.05) is 26.7 Å². The van der Waals surface area contributed by atoms with Crippen molar-refractivity contribution in [2.24, 2.45) is 5.92 Å². The maximum Gasteiger partial charge on any atom is 0.270 e. The van der Waals surface area contributed by atoms with Crippen LogP contribution in [-0.4, -0.2) is 56.3 Å². The summed E-state index contributed by atoms with van der Waals surface area (Å²) in [7, 11) is -2.71. The van der Waals surface area contributed by atoms with Gasteiger partial charge in [0.15, 0.2) is 0 Å². The second-order valence-corrected chi connectivity index (χ2v) is 8.20. The first-order valence-corrected chi connectivity index (χ1v) is 9.36. The van der Waals surface area contributed by atoms with Gasteiger partial charge >= 0.3 is 0 Å². The van der Waals surface area contributed by atoms with Crippen LogP contribution in [0, 0.1) is 16.0 Å². The molecule has 0 spiro atoms. The topological polar surface area (TPSA) is 122 Å². The van der Waals surface area contributed by atoms with E-state index in [-0.39, 0.29) is 41.5 Å². The minimum atomic E-state index is -3.99. The van der Waals surface area contributed by atoms with Gasteiger partial charge < -0.3 is 10.6 Å². The molecule has 2 atom stereocenters. The normalized spacial score (nSPS) is 20.3. The molecule has 2 rings (SSSR count). The summed E-state index contributed by atoms with van der Waals surface area (Å²) < 4.78 is 25.9. The zero-order valence-corrected chi connectivity index (χ0v) is 16.2. The second kappa shape index (κ2) is 9.26. The molecule has 1 aromatic carbocycles. The van der Waals surface area contributed by atoms with Crippen LogP contribution in [-0.2, 0) is 14.8 Å². The first-order chi connectivity index (χ1) is 11.7. The highest BCUT2D eigenvalue weighted by molar-refractivity contribution is 7.89. The Balaban J connectivity index is 0.00000338. The lowest BCUT2D eigenvalue weighted by molar-refractivity contribution is -0.385. The lowest BCUT2D eigenvalue weighted by Gasteiger charge is -2.30. The summed E-state index contributed by atoms with van der Waals surface area (Å²) in [5.41, 5.74) is -0.317. The number of carbonyl (C=O) groups is 1. The maximum absolute atomic E-state index is 12.5. The number of nitrogens with one attached hydrogen (secondary N) is 2. The van der Waals surface area contributed by atoms with Crippen LogP contribution < -0.4 is 10.6 Å². The van der Waals surface area contributed by atoms with Gasteiger partial charge in [0.25, 0.3) is 5.69 Å². The molecule has 0 bridgehead atoms. The fraction of sp³-hybridized carbons (Fsp3) is 0.533. The van der Waals surface area contributed by atoms with E-state index in [0.717, 1.165) is 29.9 Å². The third-order valence-corrected chi connectivity index (χ3v) is 6.03. The van der Waals surface area contributed by atoms with Gasteiger partial charge in [0.05, 0.1) is 16.4 Å². The van der Waals surface area contributed by atoms with Crippen molar-refractivity contribution in [1.29, 1.82) is 0 Å². The summed E-state index contributed by atoms with van der Waals surface area (Å²) in [5, 5.41) is 16.9. The van der Waals surface area contributed by atoms with Crippen molar-refractivity contribution in [3.05, 3.63) is 34.4 Å². The number of nitrogens with zero attached hydrogens (tertiary/aromatic N) is 2. The summed E-state index contributed by atoms with van der Waals surface area (Å²) in [6, 6.07) is 4.77. The molecule has 2 unspecified atom stereocenters. The molecule has 1 aliphatic rings. The minimum Gasteiger partial charge on any atom is -0.352 e. The number of piperidine rings is 1. The number of benzene rings is 1. The Labute approximate surface area is 158 Å². The Morgan fingerprint density at radius 1 is 1.46 bits per heavy atom. The average molecular weight is 407 g/mol. The number of nitro groups is 1. The van der Waals surface area contributed by atoms with Crippen LogP contribution in [0.15, 0.2) is 29.2 Å². The van der Waals surface area contributed by atoms with Crippen LogP contribution in [0.4, 0.5) is 5.69 Å². The van der Waals surface area contributed by atoms with E-state index in [1.54, 1.807) is 0 Å². The predicted octanol–water partition coefficient (Wildman–Crippen LogP) is 0.751. The number of halogens is 1. The number of sulfonamides is 1. The number of hydrogen-bond acceptors (Lipinski definition) is 6. The molecule has 1 saturated heterocycles. The molecule has 0 saturated carbocycles. The van der Waals surface area contributed by atoms with Crippen LogP contribution in [0.5, 0.6) is 0 Å². The molecular weight excluding hydrogens is 384 g/mol. The van der Waals surface area contributed by atoms with Crippen LogP contribution >= 0.6 is 12.4 Å². The molecule has 2 N–H and O–H groups in total. The number of amides is 1. The number of non-ortho nitro benzene ring substituents is 1. The Bertz CT molecular complexity index is 758. The first-order valence-electron chi connectivity index (χ1n) is 7.92. The number of likely N-dealkylation sites (N-methyl/N-ethyl adjacent to an activating group) is 1. The molecule has 26 heavy (non-hydrogen) atoms. The molecule has 1 amide bonds. The van der Waals surface area contributed by atoms with Crippen molar-refractivity contribution in [2.45, 2.75) is 24.3 Å². The molecular formula is C15H23ClN4O5S. The van der Waals surface area contributed by atoms with Crippen LogP contribution in [0.3, 0.4) is 0 Å². The molecule has 146 valence electrons. The SMILES string of the molecule is CC1CNCCC1NC(=O)CN(C)S(=O)(=O)c1cccc([N+](=O)[O-])c1.Cl. The van der Waals surface area contributed by atoms with E-state index >= 15 is 0 Å². The monoisotopic (exact) mass is 406 g/mol. The van der Waals surface area contributed by atoms with Crippen LogP contribution in [0.2, 0.25) is 0 Å². The standard InChI is InChI=1S/C15H22N4O5S.ClH/c1-11-9-16-7-6-14(11)17-15(20)10-18(2)25(23,24)13-5-3-4-12(8-13)19(21)22;/h3-5,8,11,14,16H,6-7,9-10H2,1-2H3,(H,17,20);1H. The molecule has 0 aliphatic carbocycles. The highest BCUT2D eigenvalue weighted by atomic mass is 35.5. The number of rotatable bonds is 6. The second-order valence-electron chi connectivity index (χ2n) is 6.16. The fourth-order valence-corrected chi connectivity index (χ4v) is 3.87. The van der Waals surface area contributed by atoms with E-state index in [9.17, 15) is 23.3 Å². The smallest absolute Gasteiger partial charge is 0.270 e. The van der Waals surface area contributed by atoms with Gasteiger partial charge in [-0.05, 0) is 31.5 Å². The Kier molecular flexibility index (Phi) is 7.94. The maximum atomic E-state index is 12.5. The summed E-state index contributed by atoms with van der Waals surface area (Å²) in [6.07, 6.45) is 0.786. The van der Waals surface area contributed by atoms with Gasteiger partial charge in [-0.3, -0.25) is 14.9 Å². The minimum absolute atomic E-state index is 0. The van der Waals surface area contributed by atoms with E-state index in [2.05, 4.69) is 10.6 Å². The highest BCUT2D eigenvalue weighted by Crippen LogP contribution is 2.20. The molecule has 0 aromatic heterocycles. The van der Waals surface area contributed by atoms with Gasteiger partial charge in [-0.25, -0.2) is 8.42 Å². The van der Waals surface area contributed by atoms with Crippen molar-refractivity contribution >= 4 is 34.0 Å². The van der Waals surface area contributed by atoms with Crippen molar-refractivity contribution in [3.63, 3.8) is 0 Å². The van der Waals surface area contributed by atoms with Crippen molar-refractivity contribution < 1.29 is 18.1 Å². The van der Waals surface area contributed by atoms with Crippen LogP contribution in [0.1, 0.15) is 13.3 Å². The quantitative estimate of drug-likeness (QED) is 0.531. The van der Waals surface area contributed by atoms with E-state index in [4.69, 9.17) is 0 Å². The predicted molar refractivity (Wildman–Crippen MR) is 98.7 cm³/mol. The Morgan fingerprint density at radius 2 is 2.15 bits per heavy atom. The Hall–Kier alpha value is -1.75. The molecule has 1 heterocycles. The third-order valence-electron chi connectivity index (χ3n) is 4.23. The summed E-state index contributed by atoms with van der Waals surface area (Å²) >= 11 is 0. The fourth-order valence-electron chi connectivity index (χ4n) is 2.71.